The Bertz CT molecular complexity index is 330. The SMILES string of the molecule is CNCCc1ccc(C2(F)CCOC2)cc1. The zero-order valence-corrected chi connectivity index (χ0v) is 9.63. The predicted octanol–water partition coefficient (Wildman–Crippen LogP) is 2.03. The van der Waals surface area contributed by atoms with Crippen molar-refractivity contribution >= 4 is 0 Å². The minimum atomic E-state index is -1.26. The van der Waals surface area contributed by atoms with E-state index in [4.69, 9.17) is 4.74 Å². The summed E-state index contributed by atoms with van der Waals surface area (Å²) >= 11 is 0. The first-order chi connectivity index (χ1) is 7.74. The molecule has 0 bridgehead atoms. The molecular weight excluding hydrogens is 205 g/mol. The number of nitrogens with one attached hydrogen (secondary N) is 1. The van der Waals surface area contributed by atoms with Crippen LogP contribution in [0.15, 0.2) is 24.3 Å². The molecule has 1 saturated heterocycles. The highest BCUT2D eigenvalue weighted by Crippen LogP contribution is 2.34. The topological polar surface area (TPSA) is 21.3 Å². The van der Waals surface area contributed by atoms with E-state index in [1.54, 1.807) is 0 Å². The van der Waals surface area contributed by atoms with Gasteiger partial charge in [0, 0.05) is 6.42 Å². The molecule has 0 spiro atoms. The molecule has 1 aliphatic rings. The van der Waals surface area contributed by atoms with Gasteiger partial charge in [-0.1, -0.05) is 24.3 Å². The number of ether oxygens (including phenoxy) is 1. The molecule has 2 nitrogen and oxygen atoms in total. The van der Waals surface area contributed by atoms with Crippen LogP contribution in [0.1, 0.15) is 17.5 Å². The van der Waals surface area contributed by atoms with Crippen LogP contribution in [0.4, 0.5) is 4.39 Å². The standard InChI is InChI=1S/C13H18FNO/c1-15-8-6-11-2-4-12(5-3-11)13(14)7-9-16-10-13/h2-5,15H,6-10H2,1H3. The molecule has 3 heteroatoms. The summed E-state index contributed by atoms with van der Waals surface area (Å²) in [7, 11) is 1.93. The van der Waals surface area contributed by atoms with Crippen molar-refractivity contribution in [2.24, 2.45) is 0 Å². The zero-order chi connectivity index (χ0) is 11.4. The average molecular weight is 223 g/mol. The molecule has 1 atom stereocenters. The quantitative estimate of drug-likeness (QED) is 0.843. The van der Waals surface area contributed by atoms with Crippen LogP contribution in [0, 0.1) is 0 Å². The molecule has 2 rings (SSSR count). The lowest BCUT2D eigenvalue weighted by Gasteiger charge is -2.17. The molecule has 0 aromatic heterocycles. The Morgan fingerprint density at radius 2 is 2.12 bits per heavy atom. The summed E-state index contributed by atoms with van der Waals surface area (Å²) in [5.41, 5.74) is 0.723. The van der Waals surface area contributed by atoms with Gasteiger partial charge >= 0.3 is 0 Å². The van der Waals surface area contributed by atoms with E-state index in [2.05, 4.69) is 5.32 Å². The van der Waals surface area contributed by atoms with Crippen molar-refractivity contribution in [2.45, 2.75) is 18.5 Å². The lowest BCUT2D eigenvalue weighted by molar-refractivity contribution is 0.112. The third kappa shape index (κ3) is 2.42. The maximum atomic E-state index is 14.3. The highest BCUT2D eigenvalue weighted by molar-refractivity contribution is 5.28. The molecule has 16 heavy (non-hydrogen) atoms. The number of benzene rings is 1. The average Bonchev–Trinajstić information content (AvgIpc) is 2.75. The van der Waals surface area contributed by atoms with Crippen molar-refractivity contribution in [3.05, 3.63) is 35.4 Å². The van der Waals surface area contributed by atoms with Crippen molar-refractivity contribution in [3.8, 4) is 0 Å². The van der Waals surface area contributed by atoms with E-state index in [9.17, 15) is 4.39 Å². The number of likely N-dealkylation sites (N-methyl/N-ethyl adjacent to an activating group) is 1. The van der Waals surface area contributed by atoms with E-state index in [-0.39, 0.29) is 6.61 Å². The van der Waals surface area contributed by atoms with Crippen LogP contribution >= 0.6 is 0 Å². The van der Waals surface area contributed by atoms with Gasteiger partial charge in [0.25, 0.3) is 0 Å². The molecule has 1 fully saturated rings. The van der Waals surface area contributed by atoms with E-state index in [1.807, 2.05) is 31.3 Å². The third-order valence-corrected chi connectivity index (χ3v) is 3.11. The molecule has 0 radical (unpaired) electrons. The van der Waals surface area contributed by atoms with Crippen molar-refractivity contribution in [2.75, 3.05) is 26.8 Å². The van der Waals surface area contributed by atoms with Gasteiger partial charge in [-0.05, 0) is 31.1 Å². The number of rotatable bonds is 4. The van der Waals surface area contributed by atoms with Gasteiger partial charge in [-0.3, -0.25) is 0 Å². The van der Waals surface area contributed by atoms with Crippen molar-refractivity contribution in [1.29, 1.82) is 0 Å². The Morgan fingerprint density at radius 1 is 1.38 bits per heavy atom. The molecule has 0 saturated carbocycles. The van der Waals surface area contributed by atoms with Crippen LogP contribution in [0.3, 0.4) is 0 Å². The molecule has 1 unspecified atom stereocenters. The predicted molar refractivity (Wildman–Crippen MR) is 62.3 cm³/mol. The lowest BCUT2D eigenvalue weighted by atomic mass is 9.94. The fourth-order valence-electron chi connectivity index (χ4n) is 2.01. The maximum absolute atomic E-state index is 14.3. The first kappa shape index (κ1) is 11.6. The summed E-state index contributed by atoms with van der Waals surface area (Å²) in [5, 5.41) is 3.10. The molecule has 1 aliphatic heterocycles. The number of alkyl halides is 1. The number of halogens is 1. The molecule has 1 aromatic rings. The van der Waals surface area contributed by atoms with Crippen molar-refractivity contribution in [3.63, 3.8) is 0 Å². The minimum Gasteiger partial charge on any atom is -0.378 e. The van der Waals surface area contributed by atoms with E-state index in [0.29, 0.717) is 13.0 Å². The normalized spacial score (nSPS) is 24.9. The Balaban J connectivity index is 2.06. The maximum Gasteiger partial charge on any atom is 0.161 e. The van der Waals surface area contributed by atoms with Crippen LogP contribution in [0.5, 0.6) is 0 Å². The Morgan fingerprint density at radius 3 is 2.69 bits per heavy atom. The van der Waals surface area contributed by atoms with Crippen LogP contribution in [-0.4, -0.2) is 26.8 Å². The van der Waals surface area contributed by atoms with Gasteiger partial charge in [-0.2, -0.15) is 0 Å². The smallest absolute Gasteiger partial charge is 0.161 e. The van der Waals surface area contributed by atoms with Gasteiger partial charge in [0.2, 0.25) is 0 Å². The highest BCUT2D eigenvalue weighted by Gasteiger charge is 2.36. The van der Waals surface area contributed by atoms with Crippen LogP contribution in [0.25, 0.3) is 0 Å². The van der Waals surface area contributed by atoms with Crippen LogP contribution in [0.2, 0.25) is 0 Å². The Labute approximate surface area is 95.8 Å². The van der Waals surface area contributed by atoms with Gasteiger partial charge in [0.1, 0.15) is 0 Å². The van der Waals surface area contributed by atoms with E-state index >= 15 is 0 Å². The second kappa shape index (κ2) is 4.93. The molecule has 1 heterocycles. The van der Waals surface area contributed by atoms with Gasteiger partial charge in [-0.25, -0.2) is 4.39 Å². The van der Waals surface area contributed by atoms with Crippen molar-refractivity contribution in [1.82, 2.24) is 5.32 Å². The largest absolute Gasteiger partial charge is 0.378 e. The first-order valence-electron chi connectivity index (χ1n) is 5.75. The molecular formula is C13H18FNO. The molecule has 1 aromatic carbocycles. The van der Waals surface area contributed by atoms with Gasteiger partial charge < -0.3 is 10.1 Å². The Hall–Kier alpha value is -0.930. The fraction of sp³-hybridized carbons (Fsp3) is 0.538. The first-order valence-corrected chi connectivity index (χ1v) is 5.75. The highest BCUT2D eigenvalue weighted by atomic mass is 19.1. The number of hydrogen-bond donors (Lipinski definition) is 1. The second-order valence-corrected chi connectivity index (χ2v) is 4.32. The zero-order valence-electron chi connectivity index (χ0n) is 9.63. The van der Waals surface area contributed by atoms with Gasteiger partial charge in [0.15, 0.2) is 5.67 Å². The van der Waals surface area contributed by atoms with Crippen LogP contribution in [-0.2, 0) is 16.8 Å². The summed E-state index contributed by atoms with van der Waals surface area (Å²) in [5.74, 6) is 0. The van der Waals surface area contributed by atoms with Gasteiger partial charge in [-0.15, -0.1) is 0 Å². The minimum absolute atomic E-state index is 0.197. The lowest BCUT2D eigenvalue weighted by Crippen LogP contribution is -2.19. The monoisotopic (exact) mass is 223 g/mol. The molecule has 0 aliphatic carbocycles. The number of hydrogen-bond acceptors (Lipinski definition) is 2. The van der Waals surface area contributed by atoms with E-state index in [1.165, 1.54) is 5.56 Å². The molecule has 1 N–H and O–H groups in total. The summed E-state index contributed by atoms with van der Waals surface area (Å²) in [4.78, 5) is 0. The second-order valence-electron chi connectivity index (χ2n) is 4.32. The van der Waals surface area contributed by atoms with Gasteiger partial charge in [0.05, 0.1) is 13.2 Å². The summed E-state index contributed by atoms with van der Waals surface area (Å²) in [6.45, 7) is 1.67. The van der Waals surface area contributed by atoms with E-state index in [0.717, 1.165) is 18.5 Å². The fourth-order valence-corrected chi connectivity index (χ4v) is 2.01. The third-order valence-electron chi connectivity index (χ3n) is 3.11. The summed E-state index contributed by atoms with van der Waals surface area (Å²) < 4.78 is 19.4. The molecule has 88 valence electrons. The van der Waals surface area contributed by atoms with E-state index < -0.39 is 5.67 Å². The molecule has 0 amide bonds. The van der Waals surface area contributed by atoms with Crippen molar-refractivity contribution < 1.29 is 9.13 Å². The Kier molecular flexibility index (Phi) is 3.56. The summed E-state index contributed by atoms with van der Waals surface area (Å²) in [6.07, 6.45) is 1.45. The van der Waals surface area contributed by atoms with Crippen LogP contribution < -0.4 is 5.32 Å². The summed E-state index contributed by atoms with van der Waals surface area (Å²) in [6, 6.07) is 7.79.